The van der Waals surface area contributed by atoms with Gasteiger partial charge in [-0.2, -0.15) is 0 Å². The number of aliphatic hydroxyl groups excluding tert-OH is 4. The lowest BCUT2D eigenvalue weighted by molar-refractivity contribution is -0.250. The Kier molecular flexibility index (Phi) is 13.1. The molecule has 4 heterocycles. The molecule has 3 fully saturated rings. The molecule has 3 saturated heterocycles. The lowest BCUT2D eigenvalue weighted by atomic mass is 9.72. The molecule has 1 aromatic heterocycles. The number of ether oxygens (including phenoxy) is 1. The van der Waals surface area contributed by atoms with Crippen LogP contribution in [-0.2, 0) is 16.0 Å². The van der Waals surface area contributed by atoms with E-state index in [2.05, 4.69) is 52.0 Å². The lowest BCUT2D eigenvalue weighted by Gasteiger charge is -2.47. The number of rotatable bonds is 12. The Morgan fingerprint density at radius 3 is 2.46 bits per heavy atom. The van der Waals surface area contributed by atoms with Gasteiger partial charge in [-0.25, -0.2) is 4.79 Å². The fraction of sp³-hybridized carbons (Fsp3) is 0.571. The van der Waals surface area contributed by atoms with Crippen molar-refractivity contribution in [2.24, 2.45) is 11.3 Å². The molecular formula is C42H59N5O7. The maximum atomic E-state index is 12.8. The number of aryl methyl sites for hydroxylation is 1. The van der Waals surface area contributed by atoms with Gasteiger partial charge in [0.05, 0.1) is 18.7 Å². The quantitative estimate of drug-likeness (QED) is 0.164. The highest BCUT2D eigenvalue weighted by Crippen LogP contribution is 2.40. The van der Waals surface area contributed by atoms with Crippen LogP contribution in [0.25, 0.3) is 17.0 Å². The highest BCUT2D eigenvalue weighted by atomic mass is 16.6. The highest BCUT2D eigenvalue weighted by Gasteiger charge is 2.44. The number of likely N-dealkylation sites (tertiary alicyclic amines) is 2. The largest absolute Gasteiger partial charge is 0.394 e. The molecule has 0 aliphatic carbocycles. The second kappa shape index (κ2) is 17.8. The van der Waals surface area contributed by atoms with Crippen LogP contribution in [0.4, 0.5) is 4.79 Å². The molecule has 12 nitrogen and oxygen atoms in total. The number of benzene rings is 2. The molecule has 3 aromatic rings. The van der Waals surface area contributed by atoms with Crippen molar-refractivity contribution >= 4 is 28.9 Å². The third-order valence-corrected chi connectivity index (χ3v) is 11.6. The SMILES string of the molecule is Cc1cccc2c1c(Cc1ccc(C=CCCN3CCCC4(CCN(C(=O)CNC(=O)NCC(C)C)CC4)C3)cc1)cn2[C@@H]1O[C@H](CO)[C@@H](O)[C@H](O)[C@H]1O. The standard InChI is InChI=1S/C42H59N5O7/c1-28(2)23-43-41(53)44-24-35(49)46-20-16-42(17-21-46)15-7-19-45(27-42)18-5-4-9-30-11-13-31(14-12-30)22-32-25-47(33-10-6-8-29(3)36(32)33)40-39(52)38(51)37(50)34(26-48)54-40/h4,6,8-14,25,28,34,37-40,48,50-52H,5,7,15-24,26-27H2,1-3H3,(H2,43,44,53)/t34-,37-,38+,39-,40-/m1/s1. The summed E-state index contributed by atoms with van der Waals surface area (Å²) in [5.41, 5.74) is 5.52. The van der Waals surface area contributed by atoms with E-state index in [0.29, 0.717) is 18.9 Å². The van der Waals surface area contributed by atoms with Crippen LogP contribution in [0, 0.1) is 18.3 Å². The number of carbonyl (C=O) groups excluding carboxylic acids is 2. The lowest BCUT2D eigenvalue weighted by Crippen LogP contribution is -2.56. The predicted molar refractivity (Wildman–Crippen MR) is 209 cm³/mol. The van der Waals surface area contributed by atoms with Gasteiger partial charge in [0.25, 0.3) is 0 Å². The van der Waals surface area contributed by atoms with E-state index >= 15 is 0 Å². The fourth-order valence-corrected chi connectivity index (χ4v) is 8.45. The first-order chi connectivity index (χ1) is 26.0. The minimum Gasteiger partial charge on any atom is -0.394 e. The van der Waals surface area contributed by atoms with Gasteiger partial charge in [0.15, 0.2) is 6.23 Å². The number of piperidine rings is 2. The molecule has 0 saturated carbocycles. The van der Waals surface area contributed by atoms with Crippen molar-refractivity contribution in [1.29, 1.82) is 0 Å². The zero-order chi connectivity index (χ0) is 38.4. The van der Waals surface area contributed by atoms with Crippen LogP contribution in [0.1, 0.15) is 74.4 Å². The van der Waals surface area contributed by atoms with Crippen molar-refractivity contribution in [2.45, 2.75) is 89.9 Å². The summed E-state index contributed by atoms with van der Waals surface area (Å²) in [6.07, 6.45) is 6.22. The van der Waals surface area contributed by atoms with E-state index in [1.54, 1.807) is 0 Å². The fourth-order valence-electron chi connectivity index (χ4n) is 8.45. The van der Waals surface area contributed by atoms with E-state index in [-0.39, 0.29) is 23.9 Å². The molecule has 12 heteroatoms. The van der Waals surface area contributed by atoms with E-state index in [1.807, 2.05) is 54.6 Å². The number of urea groups is 1. The minimum atomic E-state index is -1.45. The summed E-state index contributed by atoms with van der Waals surface area (Å²) in [5.74, 6) is 0.351. The zero-order valence-corrected chi connectivity index (χ0v) is 32.0. The molecule has 2 aromatic carbocycles. The molecule has 54 heavy (non-hydrogen) atoms. The number of aliphatic hydroxyl groups is 4. The molecule has 294 valence electrons. The first-order valence-corrected chi connectivity index (χ1v) is 19.6. The maximum Gasteiger partial charge on any atom is 0.315 e. The van der Waals surface area contributed by atoms with E-state index in [1.165, 1.54) is 12.8 Å². The molecule has 3 aliphatic rings. The van der Waals surface area contributed by atoms with Crippen molar-refractivity contribution in [3.8, 4) is 0 Å². The Labute approximate surface area is 318 Å². The first-order valence-electron chi connectivity index (χ1n) is 19.6. The summed E-state index contributed by atoms with van der Waals surface area (Å²) in [4.78, 5) is 29.2. The van der Waals surface area contributed by atoms with Gasteiger partial charge in [0, 0.05) is 44.3 Å². The molecule has 1 spiro atoms. The average molecular weight is 746 g/mol. The van der Waals surface area contributed by atoms with Gasteiger partial charge in [-0.15, -0.1) is 0 Å². The van der Waals surface area contributed by atoms with Crippen LogP contribution >= 0.6 is 0 Å². The van der Waals surface area contributed by atoms with Gasteiger partial charge < -0.3 is 50.2 Å². The van der Waals surface area contributed by atoms with Gasteiger partial charge in [0.1, 0.15) is 24.4 Å². The summed E-state index contributed by atoms with van der Waals surface area (Å²) in [7, 11) is 0. The smallest absolute Gasteiger partial charge is 0.315 e. The molecule has 3 aliphatic heterocycles. The van der Waals surface area contributed by atoms with Crippen LogP contribution in [-0.4, -0.2) is 124 Å². The first kappa shape index (κ1) is 39.9. The second-order valence-electron chi connectivity index (χ2n) is 16.1. The predicted octanol–water partition coefficient (Wildman–Crippen LogP) is 3.58. The summed E-state index contributed by atoms with van der Waals surface area (Å²) >= 11 is 0. The maximum absolute atomic E-state index is 12.8. The van der Waals surface area contributed by atoms with Gasteiger partial charge in [-0.05, 0) is 91.6 Å². The average Bonchev–Trinajstić information content (AvgIpc) is 3.53. The van der Waals surface area contributed by atoms with Crippen LogP contribution in [0.2, 0.25) is 0 Å². The number of nitrogens with zero attached hydrogens (tertiary/aromatic N) is 3. The van der Waals surface area contributed by atoms with Crippen LogP contribution in [0.3, 0.4) is 0 Å². The van der Waals surface area contributed by atoms with Crippen LogP contribution in [0.5, 0.6) is 0 Å². The Bertz CT molecular complexity index is 1750. The van der Waals surface area contributed by atoms with Crippen molar-refractivity contribution in [1.82, 2.24) is 25.0 Å². The number of fused-ring (bicyclic) bond motifs is 1. The van der Waals surface area contributed by atoms with E-state index < -0.39 is 37.3 Å². The summed E-state index contributed by atoms with van der Waals surface area (Å²) in [5, 5.41) is 47.9. The number of hydrogen-bond acceptors (Lipinski definition) is 8. The van der Waals surface area contributed by atoms with Crippen molar-refractivity contribution in [2.75, 3.05) is 52.4 Å². The number of amides is 3. The highest BCUT2D eigenvalue weighted by molar-refractivity contribution is 5.88. The zero-order valence-electron chi connectivity index (χ0n) is 32.0. The topological polar surface area (TPSA) is 160 Å². The number of aromatic nitrogens is 1. The van der Waals surface area contributed by atoms with Crippen molar-refractivity contribution in [3.05, 3.63) is 77.0 Å². The molecule has 0 unspecified atom stereocenters. The molecule has 5 atom stereocenters. The van der Waals surface area contributed by atoms with Gasteiger partial charge in [0.2, 0.25) is 5.91 Å². The van der Waals surface area contributed by atoms with Gasteiger partial charge in [-0.1, -0.05) is 62.4 Å². The molecule has 3 amide bonds. The number of carbonyl (C=O) groups is 2. The molecule has 6 rings (SSSR count). The summed E-state index contributed by atoms with van der Waals surface area (Å²) in [6, 6.07) is 14.2. The van der Waals surface area contributed by atoms with Crippen molar-refractivity contribution in [3.63, 3.8) is 0 Å². The molecule has 0 radical (unpaired) electrons. The van der Waals surface area contributed by atoms with Crippen molar-refractivity contribution < 1.29 is 34.8 Å². The minimum absolute atomic E-state index is 0.00934. The van der Waals surface area contributed by atoms with Crippen LogP contribution in [0.15, 0.2) is 54.7 Å². The normalized spacial score (nSPS) is 24.8. The van der Waals surface area contributed by atoms with E-state index in [9.17, 15) is 30.0 Å². The van der Waals surface area contributed by atoms with Crippen LogP contribution < -0.4 is 10.6 Å². The Balaban J connectivity index is 0.992. The van der Waals surface area contributed by atoms with E-state index in [4.69, 9.17) is 4.74 Å². The third-order valence-electron chi connectivity index (χ3n) is 11.6. The van der Waals surface area contributed by atoms with Gasteiger partial charge >= 0.3 is 6.03 Å². The summed E-state index contributed by atoms with van der Waals surface area (Å²) in [6.45, 7) is 10.9. The molecule has 6 N–H and O–H groups in total. The molecular weight excluding hydrogens is 686 g/mol. The number of nitrogens with one attached hydrogen (secondary N) is 2. The third kappa shape index (κ3) is 9.35. The number of hydrogen-bond donors (Lipinski definition) is 6. The molecule has 0 bridgehead atoms. The Hall–Kier alpha value is -3.78. The monoisotopic (exact) mass is 745 g/mol. The Morgan fingerprint density at radius 1 is 0.981 bits per heavy atom. The second-order valence-corrected chi connectivity index (χ2v) is 16.1. The summed E-state index contributed by atoms with van der Waals surface area (Å²) < 4.78 is 7.72. The van der Waals surface area contributed by atoms with E-state index in [0.717, 1.165) is 85.1 Å². The van der Waals surface area contributed by atoms with Gasteiger partial charge in [-0.3, -0.25) is 4.79 Å². The Morgan fingerprint density at radius 2 is 1.74 bits per heavy atom.